The number of benzene rings is 1. The number of aliphatic imine (C=N–C) groups is 1. The van der Waals surface area contributed by atoms with Crippen LogP contribution in [0.2, 0.25) is 0 Å². The van der Waals surface area contributed by atoms with Crippen molar-refractivity contribution in [2.24, 2.45) is 10.9 Å². The number of hydrogen-bond acceptors (Lipinski definition) is 4. The first-order valence-electron chi connectivity index (χ1n) is 11.7. The number of carbonyl (C=O) groups excluding carboxylic acids is 2. The van der Waals surface area contributed by atoms with E-state index in [2.05, 4.69) is 39.5 Å². The molecule has 184 valence electrons. The van der Waals surface area contributed by atoms with Crippen LogP contribution in [0.3, 0.4) is 0 Å². The fourth-order valence-electron chi connectivity index (χ4n) is 4.26. The molecule has 1 N–H and O–H groups in total. The molecule has 1 atom stereocenters. The van der Waals surface area contributed by atoms with Crippen molar-refractivity contribution in [3.05, 3.63) is 35.9 Å². The highest BCUT2D eigenvalue weighted by molar-refractivity contribution is 14.0. The zero-order valence-electron chi connectivity index (χ0n) is 20.0. The summed E-state index contributed by atoms with van der Waals surface area (Å²) in [5.74, 6) is 1.37. The molecule has 2 heterocycles. The van der Waals surface area contributed by atoms with Gasteiger partial charge in [0.2, 0.25) is 5.91 Å². The standard InChI is InChI=1S/C24H37N5O3.HI/c1-4-32-24(31)28-14-11-21(12-15-28)26-23(25-17-22(30)27(2)3)29-13-10-20(18-29)16-19-8-6-5-7-9-19;/h5-9,20-21H,4,10-18H2,1-3H3,(H,25,26);1H. The van der Waals surface area contributed by atoms with Crippen molar-refractivity contribution in [1.82, 2.24) is 20.0 Å². The van der Waals surface area contributed by atoms with Gasteiger partial charge >= 0.3 is 6.09 Å². The number of likely N-dealkylation sites (N-methyl/N-ethyl adjacent to an activating group) is 1. The van der Waals surface area contributed by atoms with E-state index in [1.807, 2.05) is 13.0 Å². The van der Waals surface area contributed by atoms with E-state index in [0.29, 0.717) is 25.6 Å². The summed E-state index contributed by atoms with van der Waals surface area (Å²) in [6.07, 6.45) is 3.60. The highest BCUT2D eigenvalue weighted by Crippen LogP contribution is 2.21. The molecule has 0 spiro atoms. The molecule has 0 bridgehead atoms. The van der Waals surface area contributed by atoms with Gasteiger partial charge in [0.1, 0.15) is 6.54 Å². The largest absolute Gasteiger partial charge is 0.450 e. The maximum Gasteiger partial charge on any atom is 0.409 e. The van der Waals surface area contributed by atoms with Gasteiger partial charge in [-0.2, -0.15) is 0 Å². The topological polar surface area (TPSA) is 77.5 Å². The SMILES string of the molecule is CCOC(=O)N1CCC(NC(=NCC(=O)N(C)C)N2CCC(Cc3ccccc3)C2)CC1.I. The first kappa shape index (κ1) is 27.2. The molecule has 3 rings (SSSR count). The molecular formula is C24H38IN5O3. The van der Waals surface area contributed by atoms with E-state index in [1.54, 1.807) is 23.9 Å². The summed E-state index contributed by atoms with van der Waals surface area (Å²) in [6.45, 7) is 5.54. The summed E-state index contributed by atoms with van der Waals surface area (Å²) in [4.78, 5) is 34.4. The van der Waals surface area contributed by atoms with Gasteiger partial charge in [0.25, 0.3) is 0 Å². The minimum atomic E-state index is -0.236. The summed E-state index contributed by atoms with van der Waals surface area (Å²) in [7, 11) is 3.50. The van der Waals surface area contributed by atoms with E-state index in [1.165, 1.54) is 5.56 Å². The highest BCUT2D eigenvalue weighted by Gasteiger charge is 2.29. The van der Waals surface area contributed by atoms with Crippen LogP contribution in [0.4, 0.5) is 4.79 Å². The molecule has 2 fully saturated rings. The van der Waals surface area contributed by atoms with Crippen molar-refractivity contribution in [2.75, 3.05) is 53.4 Å². The quantitative estimate of drug-likeness (QED) is 0.323. The maximum absolute atomic E-state index is 12.2. The third kappa shape index (κ3) is 8.35. The second kappa shape index (κ2) is 13.6. The molecule has 8 nitrogen and oxygen atoms in total. The van der Waals surface area contributed by atoms with Gasteiger partial charge in [0.05, 0.1) is 6.61 Å². The van der Waals surface area contributed by atoms with E-state index in [4.69, 9.17) is 4.74 Å². The second-order valence-electron chi connectivity index (χ2n) is 8.82. The molecule has 0 saturated carbocycles. The van der Waals surface area contributed by atoms with Crippen LogP contribution < -0.4 is 5.32 Å². The smallest absolute Gasteiger partial charge is 0.409 e. The fraction of sp³-hybridized carbons (Fsp3) is 0.625. The predicted molar refractivity (Wildman–Crippen MR) is 141 cm³/mol. The predicted octanol–water partition coefficient (Wildman–Crippen LogP) is 2.82. The van der Waals surface area contributed by atoms with Crippen LogP contribution in [-0.2, 0) is 16.0 Å². The van der Waals surface area contributed by atoms with Crippen LogP contribution >= 0.6 is 24.0 Å². The van der Waals surface area contributed by atoms with Crippen molar-refractivity contribution in [3.8, 4) is 0 Å². The van der Waals surface area contributed by atoms with E-state index < -0.39 is 0 Å². The zero-order chi connectivity index (χ0) is 22.9. The van der Waals surface area contributed by atoms with Crippen LogP contribution in [0.1, 0.15) is 31.7 Å². The summed E-state index contributed by atoms with van der Waals surface area (Å²) >= 11 is 0. The Morgan fingerprint density at radius 1 is 1.09 bits per heavy atom. The fourth-order valence-corrected chi connectivity index (χ4v) is 4.26. The maximum atomic E-state index is 12.2. The Balaban J connectivity index is 0.00000385. The Labute approximate surface area is 214 Å². The van der Waals surface area contributed by atoms with Crippen LogP contribution in [0.25, 0.3) is 0 Å². The number of amides is 2. The van der Waals surface area contributed by atoms with Crippen molar-refractivity contribution in [3.63, 3.8) is 0 Å². The number of carbonyl (C=O) groups is 2. The molecule has 1 aromatic carbocycles. The average Bonchev–Trinajstić information content (AvgIpc) is 3.25. The van der Waals surface area contributed by atoms with Crippen LogP contribution in [-0.4, -0.2) is 92.1 Å². The lowest BCUT2D eigenvalue weighted by atomic mass is 9.99. The average molecular weight is 572 g/mol. The summed E-state index contributed by atoms with van der Waals surface area (Å²) in [5.41, 5.74) is 1.36. The van der Waals surface area contributed by atoms with Gasteiger partial charge in [-0.3, -0.25) is 4.79 Å². The molecule has 0 aromatic heterocycles. The molecule has 33 heavy (non-hydrogen) atoms. The number of nitrogens with zero attached hydrogens (tertiary/aromatic N) is 4. The molecule has 1 aromatic rings. The Morgan fingerprint density at radius 2 is 1.76 bits per heavy atom. The second-order valence-corrected chi connectivity index (χ2v) is 8.82. The number of nitrogens with one attached hydrogen (secondary N) is 1. The number of guanidine groups is 1. The van der Waals surface area contributed by atoms with Gasteiger partial charge in [-0.05, 0) is 44.1 Å². The Hall–Kier alpha value is -2.04. The lowest BCUT2D eigenvalue weighted by Gasteiger charge is -2.34. The molecular weight excluding hydrogens is 533 g/mol. The van der Waals surface area contributed by atoms with E-state index in [-0.39, 0.29) is 48.6 Å². The van der Waals surface area contributed by atoms with Crippen molar-refractivity contribution < 1.29 is 14.3 Å². The Morgan fingerprint density at radius 3 is 2.39 bits per heavy atom. The van der Waals surface area contributed by atoms with Crippen molar-refractivity contribution in [2.45, 2.75) is 38.6 Å². The van der Waals surface area contributed by atoms with Gasteiger partial charge in [-0.25, -0.2) is 9.79 Å². The van der Waals surface area contributed by atoms with Crippen LogP contribution in [0, 0.1) is 5.92 Å². The number of ether oxygens (including phenoxy) is 1. The number of hydrogen-bond donors (Lipinski definition) is 1. The molecule has 2 aliphatic heterocycles. The number of halogens is 1. The molecule has 2 amide bonds. The molecule has 2 aliphatic rings. The Bertz CT molecular complexity index is 782. The van der Waals surface area contributed by atoms with Gasteiger partial charge in [0.15, 0.2) is 5.96 Å². The van der Waals surface area contributed by atoms with E-state index >= 15 is 0 Å². The van der Waals surface area contributed by atoms with Gasteiger partial charge in [0, 0.05) is 46.3 Å². The van der Waals surface area contributed by atoms with Crippen molar-refractivity contribution in [1.29, 1.82) is 0 Å². The summed E-state index contributed by atoms with van der Waals surface area (Å²) < 4.78 is 5.12. The van der Waals surface area contributed by atoms with Gasteiger partial charge in [-0.15, -0.1) is 24.0 Å². The summed E-state index contributed by atoms with van der Waals surface area (Å²) in [5, 5.41) is 3.59. The molecule has 1 unspecified atom stereocenters. The first-order valence-corrected chi connectivity index (χ1v) is 11.7. The summed E-state index contributed by atoms with van der Waals surface area (Å²) in [6, 6.07) is 10.8. The molecule has 0 aliphatic carbocycles. The highest BCUT2D eigenvalue weighted by atomic mass is 127. The van der Waals surface area contributed by atoms with E-state index in [0.717, 1.165) is 44.7 Å². The van der Waals surface area contributed by atoms with E-state index in [9.17, 15) is 9.59 Å². The first-order chi connectivity index (χ1) is 15.5. The number of piperidine rings is 1. The number of likely N-dealkylation sites (tertiary alicyclic amines) is 2. The lowest BCUT2D eigenvalue weighted by Crippen LogP contribution is -2.51. The lowest BCUT2D eigenvalue weighted by molar-refractivity contribution is -0.127. The van der Waals surface area contributed by atoms with Gasteiger partial charge in [-0.1, -0.05) is 30.3 Å². The minimum Gasteiger partial charge on any atom is -0.450 e. The molecule has 0 radical (unpaired) electrons. The molecule has 2 saturated heterocycles. The van der Waals surface area contributed by atoms with Crippen LogP contribution in [0.5, 0.6) is 0 Å². The number of rotatable bonds is 6. The molecule has 9 heteroatoms. The monoisotopic (exact) mass is 571 g/mol. The third-order valence-electron chi connectivity index (χ3n) is 6.17. The normalized spacial score (nSPS) is 19.1. The zero-order valence-corrected chi connectivity index (χ0v) is 22.4. The minimum absolute atomic E-state index is 0. The van der Waals surface area contributed by atoms with Crippen LogP contribution in [0.15, 0.2) is 35.3 Å². The third-order valence-corrected chi connectivity index (χ3v) is 6.17. The van der Waals surface area contributed by atoms with Gasteiger partial charge < -0.3 is 24.8 Å². The Kier molecular flexibility index (Phi) is 11.2. The van der Waals surface area contributed by atoms with Crippen molar-refractivity contribution >= 4 is 41.9 Å².